The maximum atomic E-state index is 13.6. The van der Waals surface area contributed by atoms with Crippen LogP contribution in [0.2, 0.25) is 0 Å². The summed E-state index contributed by atoms with van der Waals surface area (Å²) in [5.41, 5.74) is 4.10. The van der Waals surface area contributed by atoms with Crippen LogP contribution in [0.15, 0.2) is 65.2 Å². The van der Waals surface area contributed by atoms with Crippen molar-refractivity contribution in [2.45, 2.75) is 20.4 Å². The second-order valence-electron chi connectivity index (χ2n) is 8.37. The van der Waals surface area contributed by atoms with Gasteiger partial charge in [-0.05, 0) is 56.3 Å². The Balaban J connectivity index is 1.41. The number of piperazine rings is 1. The van der Waals surface area contributed by atoms with Gasteiger partial charge < -0.3 is 9.32 Å². The van der Waals surface area contributed by atoms with Crippen LogP contribution in [0.4, 0.5) is 0 Å². The number of rotatable bonds is 4. The highest BCUT2D eigenvalue weighted by atomic mass is 16.3. The van der Waals surface area contributed by atoms with E-state index in [-0.39, 0.29) is 5.91 Å². The van der Waals surface area contributed by atoms with Gasteiger partial charge in [-0.25, -0.2) is 4.98 Å². The molecule has 1 aromatic carbocycles. The van der Waals surface area contributed by atoms with E-state index < -0.39 is 0 Å². The number of pyridine rings is 2. The molecule has 1 amide bonds. The van der Waals surface area contributed by atoms with Crippen molar-refractivity contribution in [2.75, 3.05) is 26.2 Å². The van der Waals surface area contributed by atoms with Crippen LogP contribution in [0, 0.1) is 13.8 Å². The van der Waals surface area contributed by atoms with Crippen LogP contribution < -0.4 is 0 Å². The molecule has 0 radical (unpaired) electrons. The summed E-state index contributed by atoms with van der Waals surface area (Å²) in [4.78, 5) is 27.1. The summed E-state index contributed by atoms with van der Waals surface area (Å²) >= 11 is 0. The van der Waals surface area contributed by atoms with E-state index in [1.54, 1.807) is 6.20 Å². The zero-order chi connectivity index (χ0) is 22.1. The molecule has 4 aromatic rings. The molecule has 5 rings (SSSR count). The lowest BCUT2D eigenvalue weighted by Crippen LogP contribution is -2.48. The van der Waals surface area contributed by atoms with Crippen LogP contribution in [-0.4, -0.2) is 51.9 Å². The quantitative estimate of drug-likeness (QED) is 0.482. The Bertz CT molecular complexity index is 1260. The van der Waals surface area contributed by atoms with Gasteiger partial charge in [-0.1, -0.05) is 17.7 Å². The molecule has 0 N–H and O–H groups in total. The number of fused-ring (bicyclic) bond motifs is 1. The minimum absolute atomic E-state index is 0.0497. The third-order valence-corrected chi connectivity index (χ3v) is 5.96. The highest BCUT2D eigenvalue weighted by molar-refractivity contribution is 6.07. The zero-order valence-corrected chi connectivity index (χ0v) is 18.4. The van der Waals surface area contributed by atoms with E-state index >= 15 is 0 Å². The second kappa shape index (κ2) is 8.55. The normalized spacial score (nSPS) is 14.8. The third-order valence-electron chi connectivity index (χ3n) is 5.96. The van der Waals surface area contributed by atoms with Gasteiger partial charge in [0.05, 0.1) is 29.0 Å². The van der Waals surface area contributed by atoms with E-state index in [4.69, 9.17) is 9.40 Å². The van der Waals surface area contributed by atoms with Gasteiger partial charge >= 0.3 is 0 Å². The first-order chi connectivity index (χ1) is 15.6. The van der Waals surface area contributed by atoms with Gasteiger partial charge in [0.15, 0.2) is 0 Å². The summed E-state index contributed by atoms with van der Waals surface area (Å²) in [5, 5.41) is 0.892. The van der Waals surface area contributed by atoms with Gasteiger partial charge in [0.1, 0.15) is 11.5 Å². The van der Waals surface area contributed by atoms with E-state index in [0.717, 1.165) is 59.0 Å². The molecule has 1 fully saturated rings. The van der Waals surface area contributed by atoms with Gasteiger partial charge in [0, 0.05) is 37.8 Å². The number of nitrogens with zero attached hydrogens (tertiary/aromatic N) is 4. The molecule has 0 bridgehead atoms. The summed E-state index contributed by atoms with van der Waals surface area (Å²) in [6.07, 6.45) is 1.75. The van der Waals surface area contributed by atoms with Crippen molar-refractivity contribution < 1.29 is 9.21 Å². The fraction of sp³-hybridized carbons (Fsp3) is 0.269. The average molecular weight is 427 g/mol. The van der Waals surface area contributed by atoms with Gasteiger partial charge in [0.25, 0.3) is 5.91 Å². The molecule has 6 nitrogen and oxygen atoms in total. The first-order valence-corrected chi connectivity index (χ1v) is 11.0. The molecule has 162 valence electrons. The molecule has 0 spiro atoms. The molecule has 32 heavy (non-hydrogen) atoms. The van der Waals surface area contributed by atoms with Crippen LogP contribution in [0.5, 0.6) is 0 Å². The van der Waals surface area contributed by atoms with E-state index in [1.807, 2.05) is 73.3 Å². The van der Waals surface area contributed by atoms with Crippen molar-refractivity contribution in [3.05, 3.63) is 83.4 Å². The summed E-state index contributed by atoms with van der Waals surface area (Å²) in [6, 6.07) is 17.7. The Morgan fingerprint density at radius 3 is 2.53 bits per heavy atom. The molecule has 0 saturated carbocycles. The minimum Gasteiger partial charge on any atom is -0.465 e. The fourth-order valence-electron chi connectivity index (χ4n) is 4.23. The van der Waals surface area contributed by atoms with E-state index in [2.05, 4.69) is 9.88 Å². The molecule has 6 heteroatoms. The number of hydrogen-bond donors (Lipinski definition) is 0. The Kier molecular flexibility index (Phi) is 5.45. The number of amides is 1. The number of furan rings is 1. The Hall–Kier alpha value is -3.51. The van der Waals surface area contributed by atoms with Crippen LogP contribution >= 0.6 is 0 Å². The SMILES string of the molecule is Cc1ccc2nc(-c3ccccn3)cc(C(=O)N3CCN(Cc4ccc(C)o4)CC3)c2c1. The van der Waals surface area contributed by atoms with Crippen LogP contribution in [0.25, 0.3) is 22.3 Å². The van der Waals surface area contributed by atoms with Gasteiger partial charge in [-0.15, -0.1) is 0 Å². The lowest BCUT2D eigenvalue weighted by atomic mass is 10.0. The van der Waals surface area contributed by atoms with Crippen molar-refractivity contribution in [1.29, 1.82) is 0 Å². The Morgan fingerprint density at radius 1 is 0.969 bits per heavy atom. The monoisotopic (exact) mass is 426 g/mol. The highest BCUT2D eigenvalue weighted by Crippen LogP contribution is 2.26. The number of aryl methyl sites for hydroxylation is 2. The maximum Gasteiger partial charge on any atom is 0.254 e. The predicted molar refractivity (Wildman–Crippen MR) is 124 cm³/mol. The highest BCUT2D eigenvalue weighted by Gasteiger charge is 2.25. The number of hydrogen-bond acceptors (Lipinski definition) is 5. The molecule has 0 unspecified atom stereocenters. The fourth-order valence-corrected chi connectivity index (χ4v) is 4.23. The van der Waals surface area contributed by atoms with Gasteiger partial charge in [0.2, 0.25) is 0 Å². The summed E-state index contributed by atoms with van der Waals surface area (Å²) in [6.45, 7) is 7.79. The predicted octanol–water partition coefficient (Wildman–Crippen LogP) is 4.46. The molecule has 0 atom stereocenters. The molecule has 1 aliphatic heterocycles. The Labute approximate surface area is 187 Å². The summed E-state index contributed by atoms with van der Waals surface area (Å²) in [5.74, 6) is 1.95. The topological polar surface area (TPSA) is 62.5 Å². The molecule has 4 heterocycles. The van der Waals surface area contributed by atoms with Crippen molar-refractivity contribution >= 4 is 16.8 Å². The van der Waals surface area contributed by atoms with Crippen LogP contribution in [-0.2, 0) is 6.54 Å². The third kappa shape index (κ3) is 4.14. The van der Waals surface area contributed by atoms with Crippen molar-refractivity contribution in [3.8, 4) is 11.4 Å². The van der Waals surface area contributed by atoms with E-state index in [1.165, 1.54) is 0 Å². The first kappa shape index (κ1) is 20.4. The number of carbonyl (C=O) groups excluding carboxylic acids is 1. The minimum atomic E-state index is 0.0497. The van der Waals surface area contributed by atoms with Gasteiger partial charge in [-0.3, -0.25) is 14.7 Å². The summed E-state index contributed by atoms with van der Waals surface area (Å²) < 4.78 is 5.71. The standard InChI is InChI=1S/C26H26N4O2/c1-18-6-9-23-21(15-18)22(16-25(28-23)24-5-3-4-10-27-24)26(31)30-13-11-29(12-14-30)17-20-8-7-19(2)32-20/h3-10,15-16H,11-14,17H2,1-2H3. The number of benzene rings is 1. The average Bonchev–Trinajstić information content (AvgIpc) is 3.23. The van der Waals surface area contributed by atoms with Gasteiger partial charge in [-0.2, -0.15) is 0 Å². The molecule has 1 saturated heterocycles. The lowest BCUT2D eigenvalue weighted by Gasteiger charge is -2.34. The van der Waals surface area contributed by atoms with Crippen molar-refractivity contribution in [3.63, 3.8) is 0 Å². The smallest absolute Gasteiger partial charge is 0.254 e. The number of aromatic nitrogens is 2. The molecular formula is C26H26N4O2. The summed E-state index contributed by atoms with van der Waals surface area (Å²) in [7, 11) is 0. The first-order valence-electron chi connectivity index (χ1n) is 11.0. The molecule has 1 aliphatic rings. The van der Waals surface area contributed by atoms with E-state index in [9.17, 15) is 4.79 Å². The number of carbonyl (C=O) groups is 1. The molecule has 3 aromatic heterocycles. The zero-order valence-electron chi connectivity index (χ0n) is 18.4. The second-order valence-corrected chi connectivity index (χ2v) is 8.37. The largest absolute Gasteiger partial charge is 0.465 e. The van der Waals surface area contributed by atoms with E-state index in [0.29, 0.717) is 18.7 Å². The maximum absolute atomic E-state index is 13.6. The van der Waals surface area contributed by atoms with Crippen molar-refractivity contribution in [2.24, 2.45) is 0 Å². The van der Waals surface area contributed by atoms with Crippen molar-refractivity contribution in [1.82, 2.24) is 19.8 Å². The Morgan fingerprint density at radius 2 is 1.81 bits per heavy atom. The molecule has 0 aliphatic carbocycles. The lowest BCUT2D eigenvalue weighted by molar-refractivity contribution is 0.0622. The van der Waals surface area contributed by atoms with Crippen LogP contribution in [0.3, 0.4) is 0 Å². The van der Waals surface area contributed by atoms with Crippen LogP contribution in [0.1, 0.15) is 27.4 Å². The molecular weight excluding hydrogens is 400 g/mol.